The Morgan fingerprint density at radius 1 is 1.27 bits per heavy atom. The molecule has 1 aliphatic carbocycles. The molecule has 10 nitrogen and oxygen atoms in total. The molecular weight excluding hydrogens is 286 g/mol. The van der Waals surface area contributed by atoms with Crippen LogP contribution in [0.5, 0.6) is 0 Å². The molecule has 0 unspecified atom stereocenters. The van der Waals surface area contributed by atoms with Crippen molar-refractivity contribution in [3.8, 4) is 17.5 Å². The van der Waals surface area contributed by atoms with E-state index in [4.69, 9.17) is 5.26 Å². The average Bonchev–Trinajstić information content (AvgIpc) is 3.12. The Balaban J connectivity index is 2.09. The maximum Gasteiger partial charge on any atom is 0.366 e. The lowest BCUT2D eigenvalue weighted by molar-refractivity contribution is -0.113. The van der Waals surface area contributed by atoms with Gasteiger partial charge in [0.2, 0.25) is 0 Å². The summed E-state index contributed by atoms with van der Waals surface area (Å²) in [7, 11) is 0. The highest BCUT2D eigenvalue weighted by Gasteiger charge is 2.22. The van der Waals surface area contributed by atoms with E-state index in [1.807, 2.05) is 24.3 Å². The number of nitrogens with zero attached hydrogens (tertiary/aromatic N) is 8. The summed E-state index contributed by atoms with van der Waals surface area (Å²) in [6.07, 6.45) is 0. The minimum Gasteiger partial charge on any atom is -0.253 e. The number of rotatable bonds is 1. The van der Waals surface area contributed by atoms with Gasteiger partial charge < -0.3 is 0 Å². The first kappa shape index (κ1) is 12.0. The molecule has 0 atom stereocenters. The number of azo groups is 1. The van der Waals surface area contributed by atoms with Gasteiger partial charge in [-0.05, 0) is 5.21 Å². The summed E-state index contributed by atoms with van der Waals surface area (Å²) in [6, 6.07) is 8.73. The summed E-state index contributed by atoms with van der Waals surface area (Å²) in [5.41, 5.74) is 1.37. The van der Waals surface area contributed by atoms with Crippen LogP contribution in [0.3, 0.4) is 0 Å². The van der Waals surface area contributed by atoms with Crippen LogP contribution < -0.4 is 0 Å². The number of carbonyl (C=O) groups excluding carboxylic acids is 1. The molecule has 0 saturated heterocycles. The zero-order chi connectivity index (χ0) is 15.1. The number of carbonyl (C=O) groups is 1. The number of hydrogen-bond acceptors (Lipinski definition) is 7. The minimum absolute atomic E-state index is 0.305. The summed E-state index contributed by atoms with van der Waals surface area (Å²) in [6.45, 7) is 0. The van der Waals surface area contributed by atoms with Crippen molar-refractivity contribution >= 4 is 28.1 Å². The highest BCUT2D eigenvalue weighted by molar-refractivity contribution is 6.10. The van der Waals surface area contributed by atoms with E-state index in [0.717, 1.165) is 10.8 Å². The van der Waals surface area contributed by atoms with Crippen molar-refractivity contribution in [2.75, 3.05) is 0 Å². The second-order valence-corrected chi connectivity index (χ2v) is 4.33. The molecule has 2 aliphatic rings. The summed E-state index contributed by atoms with van der Waals surface area (Å²) in [5, 5.41) is 31.5. The van der Waals surface area contributed by atoms with Crippen LogP contribution in [0.15, 0.2) is 34.5 Å². The Kier molecular flexibility index (Phi) is 2.40. The zero-order valence-electron chi connectivity index (χ0n) is 10.8. The van der Waals surface area contributed by atoms with Crippen molar-refractivity contribution in [2.24, 2.45) is 10.2 Å². The molecule has 1 aliphatic heterocycles. The zero-order valence-corrected chi connectivity index (χ0v) is 10.8. The lowest BCUT2D eigenvalue weighted by atomic mass is 10.2. The quantitative estimate of drug-likeness (QED) is 0.413. The summed E-state index contributed by atoms with van der Waals surface area (Å²) in [4.78, 5) is 15.4. The molecule has 1 amide bonds. The molecule has 22 heavy (non-hydrogen) atoms. The van der Waals surface area contributed by atoms with Crippen molar-refractivity contribution in [2.45, 2.75) is 0 Å². The maximum atomic E-state index is 11.1. The molecule has 0 spiro atoms. The Hall–Kier alpha value is -3.74. The number of aromatic nitrogens is 6. The van der Waals surface area contributed by atoms with Gasteiger partial charge in [-0.25, -0.2) is 4.98 Å². The van der Waals surface area contributed by atoms with Gasteiger partial charge in [-0.2, -0.15) is 10.5 Å². The molecule has 1 aromatic heterocycles. The Morgan fingerprint density at radius 2 is 2.09 bits per heavy atom. The van der Waals surface area contributed by atoms with Gasteiger partial charge in [0.25, 0.3) is 5.78 Å². The fourth-order valence-electron chi connectivity index (χ4n) is 2.22. The van der Waals surface area contributed by atoms with Gasteiger partial charge >= 0.3 is 5.91 Å². The van der Waals surface area contributed by atoms with Gasteiger partial charge in [0, 0.05) is 10.8 Å². The fraction of sp³-hybridized carbons (Fsp3) is 0. The van der Waals surface area contributed by atoms with Crippen molar-refractivity contribution in [3.05, 3.63) is 24.3 Å². The Morgan fingerprint density at radius 3 is 2.91 bits per heavy atom. The number of hydrogen-bond donors (Lipinski definition) is 1. The molecule has 1 aromatic carbocycles. The summed E-state index contributed by atoms with van der Waals surface area (Å²) >= 11 is 0. The third-order valence-electron chi connectivity index (χ3n) is 3.10. The van der Waals surface area contributed by atoms with Gasteiger partial charge in [0.15, 0.2) is 6.07 Å². The molecular formula is C12H5N9O. The predicted molar refractivity (Wildman–Crippen MR) is 72.2 cm³/mol. The number of nitriles is 1. The van der Waals surface area contributed by atoms with E-state index in [9.17, 15) is 4.79 Å². The van der Waals surface area contributed by atoms with Crippen LogP contribution in [-0.4, -0.2) is 36.1 Å². The van der Waals surface area contributed by atoms with E-state index in [2.05, 4.69) is 35.8 Å². The van der Waals surface area contributed by atoms with Crippen LogP contribution in [0.25, 0.3) is 27.9 Å². The average molecular weight is 291 g/mol. The van der Waals surface area contributed by atoms with Crippen LogP contribution in [0.2, 0.25) is 0 Å². The van der Waals surface area contributed by atoms with Crippen molar-refractivity contribution in [3.63, 3.8) is 0 Å². The highest BCUT2D eigenvalue weighted by atomic mass is 16.1. The van der Waals surface area contributed by atoms with E-state index in [1.54, 1.807) is 0 Å². The van der Waals surface area contributed by atoms with Crippen LogP contribution in [0.4, 0.5) is 5.69 Å². The van der Waals surface area contributed by atoms with Gasteiger partial charge in [0.05, 0.1) is 0 Å². The highest BCUT2D eigenvalue weighted by Crippen LogP contribution is 2.42. The molecule has 2 heterocycles. The van der Waals surface area contributed by atoms with E-state index < -0.39 is 5.91 Å². The molecule has 0 bridgehead atoms. The van der Waals surface area contributed by atoms with E-state index in [1.165, 1.54) is 10.7 Å². The SMILES string of the molecule is N#CC(=O)N=Nc1c2nn3[nH]nnc3nc-2c2ccccc12. The first-order valence-electron chi connectivity index (χ1n) is 6.12. The van der Waals surface area contributed by atoms with Gasteiger partial charge in [-0.15, -0.1) is 14.8 Å². The normalized spacial score (nSPS) is 11.6. The van der Waals surface area contributed by atoms with Crippen LogP contribution in [0, 0.1) is 11.3 Å². The first-order valence-corrected chi connectivity index (χ1v) is 6.12. The molecule has 2 aromatic rings. The smallest absolute Gasteiger partial charge is 0.253 e. The monoisotopic (exact) mass is 291 g/mol. The lowest BCUT2D eigenvalue weighted by Crippen LogP contribution is -2.00. The second kappa shape index (κ2) is 4.38. The molecule has 0 fully saturated rings. The van der Waals surface area contributed by atoms with E-state index in [-0.39, 0.29) is 0 Å². The lowest BCUT2D eigenvalue weighted by Gasteiger charge is -1.98. The molecule has 0 radical (unpaired) electrons. The number of benzene rings is 1. The Bertz CT molecular complexity index is 1070. The van der Waals surface area contributed by atoms with E-state index in [0.29, 0.717) is 22.9 Å². The van der Waals surface area contributed by atoms with Crippen molar-refractivity contribution in [1.82, 2.24) is 30.2 Å². The molecule has 1 N–H and O–H groups in total. The van der Waals surface area contributed by atoms with Crippen molar-refractivity contribution in [1.29, 1.82) is 5.26 Å². The third-order valence-corrected chi connectivity index (χ3v) is 3.10. The van der Waals surface area contributed by atoms with Crippen LogP contribution in [0.1, 0.15) is 0 Å². The fourth-order valence-corrected chi connectivity index (χ4v) is 2.22. The first-order chi connectivity index (χ1) is 10.8. The van der Waals surface area contributed by atoms with E-state index >= 15 is 0 Å². The van der Waals surface area contributed by atoms with Crippen LogP contribution >= 0.6 is 0 Å². The minimum atomic E-state index is -0.983. The third kappa shape index (κ3) is 1.63. The van der Waals surface area contributed by atoms with Crippen LogP contribution in [-0.2, 0) is 4.79 Å². The molecule has 10 heteroatoms. The largest absolute Gasteiger partial charge is 0.366 e. The number of H-pyrrole nitrogens is 1. The van der Waals surface area contributed by atoms with Gasteiger partial charge in [-0.3, -0.25) is 4.79 Å². The topological polar surface area (TPSA) is 137 Å². The predicted octanol–water partition coefficient (Wildman–Crippen LogP) is 1.24. The molecule has 0 saturated carbocycles. The summed E-state index contributed by atoms with van der Waals surface area (Å²) < 4.78 is 1.28. The Labute approximate surface area is 121 Å². The van der Waals surface area contributed by atoms with Gasteiger partial charge in [-0.1, -0.05) is 34.5 Å². The number of tetrazole rings is 1. The summed E-state index contributed by atoms with van der Waals surface area (Å²) in [5.74, 6) is -0.678. The van der Waals surface area contributed by atoms with Crippen molar-refractivity contribution < 1.29 is 4.79 Å². The second-order valence-electron chi connectivity index (χ2n) is 4.33. The number of aromatic amines is 1. The number of amides is 1. The van der Waals surface area contributed by atoms with Gasteiger partial charge in [0.1, 0.15) is 17.1 Å². The maximum absolute atomic E-state index is 11.1. The number of fused-ring (bicyclic) bond motifs is 4. The standard InChI is InChI=1S/C12H5N9O/c13-5-8(22)15-16-10-7-4-2-1-3-6(7)9-11(10)18-21-12(14-9)17-19-20-21/h1-4H,(H,14,17,20). The molecule has 104 valence electrons. The number of nitrogens with one attached hydrogen (secondary N) is 1. The molecule has 4 rings (SSSR count).